The highest BCUT2D eigenvalue weighted by Crippen LogP contribution is 2.46. The lowest BCUT2D eigenvalue weighted by Gasteiger charge is -2.27. The molecule has 0 atom stereocenters. The zero-order valence-corrected chi connectivity index (χ0v) is 32.4. The molecular weight excluding hydrogens is 719 g/mol. The molecule has 58 heavy (non-hydrogen) atoms. The molecule has 0 radical (unpaired) electrons. The first kappa shape index (κ1) is 32.9. The van der Waals surface area contributed by atoms with E-state index >= 15 is 0 Å². The monoisotopic (exact) mass is 753 g/mol. The second-order valence-corrected chi connectivity index (χ2v) is 16.3. The number of fused-ring (bicyclic) bond motifs is 10. The summed E-state index contributed by atoms with van der Waals surface area (Å²) in [7, 11) is 0. The van der Waals surface area contributed by atoms with Gasteiger partial charge in [0.2, 0.25) is 0 Å². The Morgan fingerprint density at radius 1 is 0.276 bits per heavy atom. The summed E-state index contributed by atoms with van der Waals surface area (Å²) in [5, 5.41) is 15.2. The van der Waals surface area contributed by atoms with Crippen molar-refractivity contribution in [1.82, 2.24) is 0 Å². The number of hydrogen-bond donors (Lipinski definition) is 0. The van der Waals surface area contributed by atoms with Gasteiger partial charge >= 0.3 is 0 Å². The Labute approximate surface area is 340 Å². The molecule has 2 heteroatoms. The van der Waals surface area contributed by atoms with Crippen molar-refractivity contribution in [1.29, 1.82) is 0 Å². The summed E-state index contributed by atoms with van der Waals surface area (Å²) in [5.41, 5.74) is 8.27. The van der Waals surface area contributed by atoms with Crippen molar-refractivity contribution in [2.75, 3.05) is 4.90 Å². The Bertz CT molecular complexity index is 3570. The fourth-order valence-corrected chi connectivity index (χ4v) is 10.5. The molecule has 11 aromatic carbocycles. The van der Waals surface area contributed by atoms with Gasteiger partial charge in [0, 0.05) is 37.2 Å². The maximum atomic E-state index is 2.45. The minimum absolute atomic E-state index is 1.11. The van der Waals surface area contributed by atoms with Crippen molar-refractivity contribution in [3.8, 4) is 22.3 Å². The molecule has 0 spiro atoms. The minimum atomic E-state index is 1.11. The predicted molar refractivity (Wildman–Crippen MR) is 252 cm³/mol. The van der Waals surface area contributed by atoms with Gasteiger partial charge in [-0.3, -0.25) is 0 Å². The summed E-state index contributed by atoms with van der Waals surface area (Å²) >= 11 is 1.89. The van der Waals surface area contributed by atoms with Crippen LogP contribution in [0.5, 0.6) is 0 Å². The fourth-order valence-electron chi connectivity index (χ4n) is 9.27. The zero-order chi connectivity index (χ0) is 38.2. The number of rotatable bonds is 5. The van der Waals surface area contributed by atoms with Crippen LogP contribution in [0, 0.1) is 0 Å². The van der Waals surface area contributed by atoms with Crippen LogP contribution in [-0.4, -0.2) is 0 Å². The van der Waals surface area contributed by atoms with E-state index in [0.717, 1.165) is 17.1 Å². The van der Waals surface area contributed by atoms with E-state index in [9.17, 15) is 0 Å². The summed E-state index contributed by atoms with van der Waals surface area (Å²) in [6.45, 7) is 0. The molecule has 0 bridgehead atoms. The van der Waals surface area contributed by atoms with E-state index in [2.05, 4.69) is 217 Å². The number of thiophene rings is 1. The number of anilines is 3. The minimum Gasteiger partial charge on any atom is -0.310 e. The Kier molecular flexibility index (Phi) is 7.47. The van der Waals surface area contributed by atoms with Crippen LogP contribution in [0.3, 0.4) is 0 Å². The van der Waals surface area contributed by atoms with Crippen LogP contribution in [0.25, 0.3) is 96.3 Å². The molecule has 12 aromatic rings. The van der Waals surface area contributed by atoms with Gasteiger partial charge < -0.3 is 4.90 Å². The Morgan fingerprint density at radius 2 is 0.828 bits per heavy atom. The fraction of sp³-hybridized carbons (Fsp3) is 0. The van der Waals surface area contributed by atoms with Crippen molar-refractivity contribution in [3.05, 3.63) is 212 Å². The summed E-state index contributed by atoms with van der Waals surface area (Å²) in [4.78, 5) is 2.45. The Balaban J connectivity index is 1.10. The SMILES string of the molecule is c1ccc2c(-c3ccc(N(c4cc(-c5cc6ccccc6c6ccccc56)c5ccccc5c4)c4ccc5c(c4)sc4c6ccccc6ccc54)cc3)cccc2c1. The molecule has 270 valence electrons. The van der Waals surface area contributed by atoms with Gasteiger partial charge in [0.25, 0.3) is 0 Å². The van der Waals surface area contributed by atoms with Crippen molar-refractivity contribution in [2.45, 2.75) is 0 Å². The Morgan fingerprint density at radius 3 is 1.60 bits per heavy atom. The molecule has 0 saturated heterocycles. The van der Waals surface area contributed by atoms with Crippen molar-refractivity contribution >= 4 is 102 Å². The van der Waals surface area contributed by atoms with E-state index < -0.39 is 0 Å². The lowest BCUT2D eigenvalue weighted by molar-refractivity contribution is 1.30. The number of nitrogens with zero attached hydrogens (tertiary/aromatic N) is 1. The summed E-state index contributed by atoms with van der Waals surface area (Å²) < 4.78 is 2.62. The van der Waals surface area contributed by atoms with Crippen LogP contribution >= 0.6 is 11.3 Å². The third-order valence-electron chi connectivity index (χ3n) is 12.0. The highest BCUT2D eigenvalue weighted by Gasteiger charge is 2.20. The lowest BCUT2D eigenvalue weighted by Crippen LogP contribution is -2.10. The molecule has 0 aliphatic carbocycles. The van der Waals surface area contributed by atoms with Crippen LogP contribution < -0.4 is 4.90 Å². The van der Waals surface area contributed by atoms with Gasteiger partial charge in [0.05, 0.1) is 0 Å². The van der Waals surface area contributed by atoms with Crippen LogP contribution in [0.4, 0.5) is 17.1 Å². The quantitative estimate of drug-likeness (QED) is 0.158. The molecule has 0 saturated carbocycles. The highest BCUT2D eigenvalue weighted by atomic mass is 32.1. The molecule has 0 amide bonds. The molecule has 12 rings (SSSR count). The Hall–Kier alpha value is -7.26. The average Bonchev–Trinajstić information content (AvgIpc) is 3.67. The van der Waals surface area contributed by atoms with Crippen LogP contribution in [-0.2, 0) is 0 Å². The second-order valence-electron chi connectivity index (χ2n) is 15.3. The first-order chi connectivity index (χ1) is 28.7. The van der Waals surface area contributed by atoms with Crippen LogP contribution in [0.15, 0.2) is 212 Å². The van der Waals surface area contributed by atoms with Crippen LogP contribution in [0.1, 0.15) is 0 Å². The van der Waals surface area contributed by atoms with Gasteiger partial charge in [-0.25, -0.2) is 0 Å². The largest absolute Gasteiger partial charge is 0.310 e. The maximum absolute atomic E-state index is 2.45. The first-order valence-corrected chi connectivity index (χ1v) is 20.7. The smallest absolute Gasteiger partial charge is 0.0476 e. The number of hydrogen-bond acceptors (Lipinski definition) is 2. The van der Waals surface area contributed by atoms with Gasteiger partial charge in [-0.15, -0.1) is 11.3 Å². The van der Waals surface area contributed by atoms with Gasteiger partial charge in [0.1, 0.15) is 0 Å². The van der Waals surface area contributed by atoms with E-state index in [4.69, 9.17) is 0 Å². The van der Waals surface area contributed by atoms with Gasteiger partial charge in [-0.1, -0.05) is 170 Å². The van der Waals surface area contributed by atoms with Crippen molar-refractivity contribution < 1.29 is 0 Å². The molecule has 0 fully saturated rings. The third-order valence-corrected chi connectivity index (χ3v) is 13.2. The zero-order valence-electron chi connectivity index (χ0n) is 31.6. The molecule has 0 unspecified atom stereocenters. The highest BCUT2D eigenvalue weighted by molar-refractivity contribution is 7.26. The first-order valence-electron chi connectivity index (χ1n) is 19.9. The molecule has 0 aliphatic rings. The van der Waals surface area contributed by atoms with E-state index in [0.29, 0.717) is 0 Å². The summed E-state index contributed by atoms with van der Waals surface area (Å²) in [5.74, 6) is 0. The average molecular weight is 754 g/mol. The molecule has 1 aromatic heterocycles. The van der Waals surface area contributed by atoms with E-state index in [1.807, 2.05) is 11.3 Å². The molecule has 1 heterocycles. The molecular formula is C56H35NS. The standard InChI is InChI=1S/C56H35NS/c1-5-17-44-36(12-1)16-11-23-45(44)38-24-27-41(28-25-38)57(42-29-31-51-52-30-26-37-13-2-8-20-48(37)56(52)58-55(51)35-42)43-32-39-14-3-7-19-47(39)54(34-43)53-33-40-15-4-6-18-46(40)49-21-9-10-22-50(49)53/h1-35H. The van der Waals surface area contributed by atoms with Crippen molar-refractivity contribution in [3.63, 3.8) is 0 Å². The van der Waals surface area contributed by atoms with Gasteiger partial charge in [-0.2, -0.15) is 0 Å². The molecule has 0 N–H and O–H groups in total. The lowest BCUT2D eigenvalue weighted by atomic mass is 9.90. The summed E-state index contributed by atoms with van der Waals surface area (Å²) in [6.07, 6.45) is 0. The normalized spacial score (nSPS) is 11.8. The van der Waals surface area contributed by atoms with Gasteiger partial charge in [-0.05, 0) is 119 Å². The molecule has 0 aliphatic heterocycles. The van der Waals surface area contributed by atoms with Crippen LogP contribution in [0.2, 0.25) is 0 Å². The van der Waals surface area contributed by atoms with E-state index in [1.54, 1.807) is 0 Å². The molecule has 1 nitrogen and oxygen atoms in total. The topological polar surface area (TPSA) is 3.24 Å². The summed E-state index contributed by atoms with van der Waals surface area (Å²) in [6, 6.07) is 78.4. The maximum Gasteiger partial charge on any atom is 0.0476 e. The van der Waals surface area contributed by atoms with Crippen molar-refractivity contribution in [2.24, 2.45) is 0 Å². The predicted octanol–water partition coefficient (Wildman–Crippen LogP) is 16.6. The third kappa shape index (κ3) is 5.23. The van der Waals surface area contributed by atoms with Gasteiger partial charge in [0.15, 0.2) is 0 Å². The second kappa shape index (κ2) is 13.2. The number of benzene rings is 11. The van der Waals surface area contributed by atoms with E-state index in [1.165, 1.54) is 96.3 Å². The van der Waals surface area contributed by atoms with E-state index in [-0.39, 0.29) is 0 Å².